The zero-order valence-electron chi connectivity index (χ0n) is 11.3. The second-order valence-electron chi connectivity index (χ2n) is 5.30. The van der Waals surface area contributed by atoms with E-state index in [1.807, 2.05) is 11.0 Å². The van der Waals surface area contributed by atoms with Crippen molar-refractivity contribution in [2.24, 2.45) is 5.73 Å². The van der Waals surface area contributed by atoms with Gasteiger partial charge in [0.25, 0.3) is 0 Å². The number of rotatable bonds is 2. The molecule has 0 unspecified atom stereocenters. The van der Waals surface area contributed by atoms with Crippen molar-refractivity contribution >= 4 is 30.7 Å². The SMILES string of the molecule is CC(C)(N)C(=O)N1CCC(c2ccn[nH]2)CC1.Cl.Cl. The molecule has 1 aliphatic rings. The molecule has 1 fully saturated rings. The van der Waals surface area contributed by atoms with E-state index < -0.39 is 5.54 Å². The fourth-order valence-electron chi connectivity index (χ4n) is 2.30. The molecule has 110 valence electrons. The molecule has 0 bridgehead atoms. The number of aromatic amines is 1. The average Bonchev–Trinajstić information content (AvgIpc) is 2.80. The van der Waals surface area contributed by atoms with Gasteiger partial charge in [-0.05, 0) is 32.8 Å². The van der Waals surface area contributed by atoms with Gasteiger partial charge in [-0.3, -0.25) is 9.89 Å². The first kappa shape index (κ1) is 18.2. The molecule has 1 amide bonds. The maximum absolute atomic E-state index is 12.0. The Balaban J connectivity index is 0.00000162. The van der Waals surface area contributed by atoms with Gasteiger partial charge in [-0.1, -0.05) is 0 Å². The number of carbonyl (C=O) groups excluding carboxylic acids is 1. The number of nitrogens with zero attached hydrogens (tertiary/aromatic N) is 2. The van der Waals surface area contributed by atoms with Crippen LogP contribution in [0.15, 0.2) is 12.3 Å². The molecule has 2 heterocycles. The van der Waals surface area contributed by atoms with Gasteiger partial charge in [0.2, 0.25) is 5.91 Å². The average molecular weight is 309 g/mol. The summed E-state index contributed by atoms with van der Waals surface area (Å²) in [6.45, 7) is 5.08. The highest BCUT2D eigenvalue weighted by Gasteiger charge is 2.31. The van der Waals surface area contributed by atoms with Crippen molar-refractivity contribution in [2.75, 3.05) is 13.1 Å². The Morgan fingerprint density at radius 3 is 2.42 bits per heavy atom. The monoisotopic (exact) mass is 308 g/mol. The molecule has 3 N–H and O–H groups in total. The number of likely N-dealkylation sites (tertiary alicyclic amines) is 1. The normalized spacial score (nSPS) is 16.5. The summed E-state index contributed by atoms with van der Waals surface area (Å²) < 4.78 is 0. The van der Waals surface area contributed by atoms with E-state index in [9.17, 15) is 4.79 Å². The highest BCUT2D eigenvalue weighted by molar-refractivity contribution is 5.86. The van der Waals surface area contributed by atoms with Crippen LogP contribution in [0.2, 0.25) is 0 Å². The van der Waals surface area contributed by atoms with Crippen LogP contribution in [0.5, 0.6) is 0 Å². The highest BCUT2D eigenvalue weighted by Crippen LogP contribution is 2.27. The van der Waals surface area contributed by atoms with E-state index in [2.05, 4.69) is 10.2 Å². The quantitative estimate of drug-likeness (QED) is 0.873. The molecule has 0 spiro atoms. The van der Waals surface area contributed by atoms with Crippen molar-refractivity contribution < 1.29 is 4.79 Å². The van der Waals surface area contributed by atoms with Gasteiger partial charge in [0.05, 0.1) is 5.54 Å². The Labute approximate surface area is 126 Å². The van der Waals surface area contributed by atoms with Crippen molar-refractivity contribution in [3.63, 3.8) is 0 Å². The Morgan fingerprint density at radius 1 is 1.42 bits per heavy atom. The van der Waals surface area contributed by atoms with E-state index in [0.29, 0.717) is 5.92 Å². The number of aromatic nitrogens is 2. The van der Waals surface area contributed by atoms with Gasteiger partial charge < -0.3 is 10.6 Å². The Morgan fingerprint density at radius 2 is 2.00 bits per heavy atom. The number of halogens is 2. The smallest absolute Gasteiger partial charge is 0.242 e. The molecular weight excluding hydrogens is 287 g/mol. The van der Waals surface area contributed by atoms with Crippen molar-refractivity contribution in [3.05, 3.63) is 18.0 Å². The van der Waals surface area contributed by atoms with Crippen LogP contribution in [0.25, 0.3) is 0 Å². The molecule has 0 radical (unpaired) electrons. The van der Waals surface area contributed by atoms with E-state index >= 15 is 0 Å². The lowest BCUT2D eigenvalue weighted by atomic mass is 9.92. The summed E-state index contributed by atoms with van der Waals surface area (Å²) in [5, 5.41) is 6.97. The molecule has 2 rings (SSSR count). The maximum Gasteiger partial charge on any atom is 0.242 e. The molecule has 0 saturated carbocycles. The largest absolute Gasteiger partial charge is 0.341 e. The topological polar surface area (TPSA) is 75.0 Å². The number of amides is 1. The molecule has 1 aliphatic heterocycles. The van der Waals surface area contributed by atoms with Gasteiger partial charge in [0.15, 0.2) is 0 Å². The summed E-state index contributed by atoms with van der Waals surface area (Å²) in [6, 6.07) is 2.01. The molecule has 5 nitrogen and oxygen atoms in total. The van der Waals surface area contributed by atoms with E-state index in [-0.39, 0.29) is 30.7 Å². The lowest BCUT2D eigenvalue weighted by molar-refractivity contribution is -0.136. The molecule has 0 aliphatic carbocycles. The van der Waals surface area contributed by atoms with Crippen molar-refractivity contribution in [1.29, 1.82) is 0 Å². The maximum atomic E-state index is 12.0. The van der Waals surface area contributed by atoms with Crippen LogP contribution in [0.4, 0.5) is 0 Å². The number of piperidine rings is 1. The van der Waals surface area contributed by atoms with Crippen molar-refractivity contribution in [2.45, 2.75) is 38.1 Å². The highest BCUT2D eigenvalue weighted by atomic mass is 35.5. The van der Waals surface area contributed by atoms with Gasteiger partial charge in [0, 0.05) is 30.9 Å². The van der Waals surface area contributed by atoms with Crippen LogP contribution in [0.3, 0.4) is 0 Å². The second kappa shape index (κ2) is 7.12. The van der Waals surface area contributed by atoms with Gasteiger partial charge >= 0.3 is 0 Å². The summed E-state index contributed by atoms with van der Waals surface area (Å²) in [5.41, 5.74) is 6.24. The van der Waals surface area contributed by atoms with Gasteiger partial charge in [-0.25, -0.2) is 0 Å². The first-order chi connectivity index (χ1) is 7.98. The number of hydrogen-bond donors (Lipinski definition) is 2. The summed E-state index contributed by atoms with van der Waals surface area (Å²) in [7, 11) is 0. The molecule has 19 heavy (non-hydrogen) atoms. The third-order valence-electron chi connectivity index (χ3n) is 3.30. The molecule has 1 saturated heterocycles. The number of nitrogens with one attached hydrogen (secondary N) is 1. The van der Waals surface area contributed by atoms with Crippen molar-refractivity contribution in [3.8, 4) is 0 Å². The minimum Gasteiger partial charge on any atom is -0.341 e. The fourth-order valence-corrected chi connectivity index (χ4v) is 2.30. The number of H-pyrrole nitrogens is 1. The van der Waals surface area contributed by atoms with Gasteiger partial charge in [-0.2, -0.15) is 5.10 Å². The first-order valence-corrected chi connectivity index (χ1v) is 6.06. The summed E-state index contributed by atoms with van der Waals surface area (Å²) in [6.07, 6.45) is 3.73. The molecule has 1 aromatic heterocycles. The van der Waals surface area contributed by atoms with Crippen LogP contribution in [-0.4, -0.2) is 39.6 Å². The third-order valence-corrected chi connectivity index (χ3v) is 3.30. The Bertz CT molecular complexity index is 381. The summed E-state index contributed by atoms with van der Waals surface area (Å²) in [5.74, 6) is 0.531. The summed E-state index contributed by atoms with van der Waals surface area (Å²) in [4.78, 5) is 13.9. The minimum absolute atomic E-state index is 0. The Hall–Kier alpha value is -0.780. The Kier molecular flexibility index (Phi) is 6.83. The third kappa shape index (κ3) is 4.37. The lowest BCUT2D eigenvalue weighted by Gasteiger charge is -2.35. The zero-order chi connectivity index (χ0) is 12.5. The molecule has 1 aromatic rings. The molecule has 0 atom stereocenters. The van der Waals surface area contributed by atoms with E-state index in [4.69, 9.17) is 5.73 Å². The number of nitrogens with two attached hydrogens (primary N) is 1. The van der Waals surface area contributed by atoms with E-state index in [1.165, 1.54) is 5.69 Å². The van der Waals surface area contributed by atoms with Gasteiger partial charge in [-0.15, -0.1) is 24.8 Å². The van der Waals surface area contributed by atoms with E-state index in [0.717, 1.165) is 25.9 Å². The fraction of sp³-hybridized carbons (Fsp3) is 0.667. The van der Waals surface area contributed by atoms with Crippen molar-refractivity contribution in [1.82, 2.24) is 15.1 Å². The first-order valence-electron chi connectivity index (χ1n) is 6.06. The lowest BCUT2D eigenvalue weighted by Crippen LogP contribution is -2.53. The van der Waals surface area contributed by atoms with Crippen LogP contribution in [0.1, 0.15) is 38.3 Å². The minimum atomic E-state index is -0.763. The molecular formula is C12H22Cl2N4O. The standard InChI is InChI=1S/C12H20N4O.2ClH/c1-12(2,13)11(17)16-7-4-9(5-8-16)10-3-6-14-15-10;;/h3,6,9H,4-5,7-8,13H2,1-2H3,(H,14,15);2*1H. The van der Waals surface area contributed by atoms with Crippen LogP contribution < -0.4 is 5.73 Å². The van der Waals surface area contributed by atoms with E-state index in [1.54, 1.807) is 20.0 Å². The molecule has 0 aromatic carbocycles. The van der Waals surface area contributed by atoms with Crippen LogP contribution in [0, 0.1) is 0 Å². The summed E-state index contributed by atoms with van der Waals surface area (Å²) >= 11 is 0. The van der Waals surface area contributed by atoms with Crippen LogP contribution >= 0.6 is 24.8 Å². The zero-order valence-corrected chi connectivity index (χ0v) is 12.9. The number of carbonyl (C=O) groups is 1. The number of hydrogen-bond acceptors (Lipinski definition) is 3. The predicted molar refractivity (Wildman–Crippen MR) is 79.9 cm³/mol. The second-order valence-corrected chi connectivity index (χ2v) is 5.30. The molecule has 7 heteroatoms. The predicted octanol–water partition coefficient (Wildman–Crippen LogP) is 1.70. The van der Waals surface area contributed by atoms with Crippen LogP contribution in [-0.2, 0) is 4.79 Å². The van der Waals surface area contributed by atoms with Gasteiger partial charge in [0.1, 0.15) is 0 Å².